The molecule has 0 aromatic heterocycles. The molecule has 0 bridgehead atoms. The lowest BCUT2D eigenvalue weighted by Crippen LogP contribution is -2.35. The highest BCUT2D eigenvalue weighted by atomic mass is 16.5. The molecule has 0 fully saturated rings. The van der Waals surface area contributed by atoms with Crippen LogP contribution >= 0.6 is 0 Å². The minimum atomic E-state index is -0.173. The zero-order valence-corrected chi connectivity index (χ0v) is 13.4. The quantitative estimate of drug-likeness (QED) is 0.618. The zero-order chi connectivity index (χ0) is 15.3. The van der Waals surface area contributed by atoms with Crippen molar-refractivity contribution in [2.45, 2.75) is 54.9 Å². The van der Waals surface area contributed by atoms with Crippen LogP contribution in [0.5, 0.6) is 0 Å². The molecule has 1 unspecified atom stereocenters. The third-order valence-corrected chi connectivity index (χ3v) is 2.87. The average Bonchev–Trinajstić information content (AvgIpc) is 2.17. The van der Waals surface area contributed by atoms with Crippen LogP contribution in [0.25, 0.3) is 0 Å². The fourth-order valence-corrected chi connectivity index (χ4v) is 1.83. The van der Waals surface area contributed by atoms with E-state index in [1.54, 1.807) is 0 Å². The van der Waals surface area contributed by atoms with Gasteiger partial charge in [0.1, 0.15) is 6.61 Å². The van der Waals surface area contributed by atoms with E-state index in [-0.39, 0.29) is 35.2 Å². The first kappa shape index (κ1) is 17.9. The minimum Gasteiger partial charge on any atom is -0.464 e. The maximum Gasteiger partial charge on any atom is 0.309 e. The van der Waals surface area contributed by atoms with Gasteiger partial charge in [-0.15, -0.1) is 0 Å². The maximum absolute atomic E-state index is 12.2. The molecule has 0 saturated carbocycles. The lowest BCUT2D eigenvalue weighted by molar-refractivity contribution is -0.154. The van der Waals surface area contributed by atoms with Crippen molar-refractivity contribution in [3.63, 3.8) is 0 Å². The number of ether oxygens (including phenoxy) is 1. The molecule has 0 heterocycles. The van der Waals surface area contributed by atoms with E-state index in [0.717, 1.165) is 6.42 Å². The van der Waals surface area contributed by atoms with Crippen molar-refractivity contribution in [3.05, 3.63) is 0 Å². The second-order valence-corrected chi connectivity index (χ2v) is 7.33. The van der Waals surface area contributed by atoms with Gasteiger partial charge in [0.2, 0.25) is 5.91 Å². The van der Waals surface area contributed by atoms with E-state index < -0.39 is 0 Å². The van der Waals surface area contributed by atoms with Crippen molar-refractivity contribution in [2.75, 3.05) is 13.2 Å². The van der Waals surface area contributed by atoms with E-state index in [9.17, 15) is 9.59 Å². The monoisotopic (exact) mass is 271 g/mol. The molecule has 4 heteroatoms. The predicted molar refractivity (Wildman–Crippen MR) is 76.7 cm³/mol. The summed E-state index contributed by atoms with van der Waals surface area (Å²) in [6.45, 7) is 14.6. The smallest absolute Gasteiger partial charge is 0.309 e. The first-order valence-electron chi connectivity index (χ1n) is 6.84. The van der Waals surface area contributed by atoms with Crippen LogP contribution in [0.15, 0.2) is 0 Å². The molecule has 0 aromatic rings. The van der Waals surface area contributed by atoms with E-state index in [2.05, 4.69) is 46.9 Å². The molecule has 0 aliphatic carbocycles. The molecule has 1 N–H and O–H groups in total. The Labute approximate surface area is 117 Å². The number of rotatable bonds is 5. The Bertz CT molecular complexity index is 310. The third kappa shape index (κ3) is 8.62. The first-order chi connectivity index (χ1) is 8.43. The minimum absolute atomic E-state index is 0.0780. The highest BCUT2D eigenvalue weighted by Crippen LogP contribution is 2.36. The van der Waals surface area contributed by atoms with Gasteiger partial charge in [0.25, 0.3) is 0 Å². The van der Waals surface area contributed by atoms with E-state index in [1.807, 2.05) is 0 Å². The molecular formula is C15H29NO3. The summed E-state index contributed by atoms with van der Waals surface area (Å²) < 4.78 is 5.27. The molecule has 0 radical (unpaired) electrons. The number of carbonyl (C=O) groups excluding carboxylic acids is 2. The molecule has 4 nitrogen and oxygen atoms in total. The van der Waals surface area contributed by atoms with Crippen LogP contribution in [0.2, 0.25) is 0 Å². The van der Waals surface area contributed by atoms with Gasteiger partial charge in [0.05, 0.1) is 12.5 Å². The standard InChI is InChI=1S/C15H29NO3/c1-11(17)16-8-9-19-13(18)12(15(5,6)7)10-14(2,3)4/h12H,8-10H2,1-7H3,(H,16,17). The van der Waals surface area contributed by atoms with E-state index >= 15 is 0 Å². The average molecular weight is 271 g/mol. The Morgan fingerprint density at radius 3 is 2.00 bits per heavy atom. The summed E-state index contributed by atoms with van der Waals surface area (Å²) in [6.07, 6.45) is 0.787. The van der Waals surface area contributed by atoms with E-state index in [0.29, 0.717) is 6.54 Å². The van der Waals surface area contributed by atoms with Crippen LogP contribution < -0.4 is 5.32 Å². The number of hydrogen-bond acceptors (Lipinski definition) is 3. The lowest BCUT2D eigenvalue weighted by atomic mass is 9.72. The van der Waals surface area contributed by atoms with Gasteiger partial charge in [0.15, 0.2) is 0 Å². The van der Waals surface area contributed by atoms with Gasteiger partial charge in [-0.1, -0.05) is 41.5 Å². The Hall–Kier alpha value is -1.06. The molecule has 0 aliphatic rings. The molecule has 0 rings (SSSR count). The van der Waals surface area contributed by atoms with Gasteiger partial charge in [-0.05, 0) is 17.3 Å². The molecule has 112 valence electrons. The Morgan fingerprint density at radius 1 is 1.11 bits per heavy atom. The number of carbonyl (C=O) groups is 2. The SMILES string of the molecule is CC(=O)NCCOC(=O)C(CC(C)(C)C)C(C)(C)C. The lowest BCUT2D eigenvalue weighted by Gasteiger charge is -2.33. The zero-order valence-electron chi connectivity index (χ0n) is 13.4. The predicted octanol–water partition coefficient (Wildman–Crippen LogP) is 2.76. The Balaban J connectivity index is 4.45. The van der Waals surface area contributed by atoms with Crippen molar-refractivity contribution in [1.29, 1.82) is 0 Å². The summed E-state index contributed by atoms with van der Waals surface area (Å²) in [7, 11) is 0. The molecule has 0 aromatic carbocycles. The number of amides is 1. The summed E-state index contributed by atoms with van der Waals surface area (Å²) in [5, 5.41) is 2.61. The number of esters is 1. The fourth-order valence-electron chi connectivity index (χ4n) is 1.83. The third-order valence-electron chi connectivity index (χ3n) is 2.87. The molecule has 0 aliphatic heterocycles. The summed E-state index contributed by atoms with van der Waals surface area (Å²) >= 11 is 0. The second-order valence-electron chi connectivity index (χ2n) is 7.33. The van der Waals surface area contributed by atoms with Crippen LogP contribution in [-0.4, -0.2) is 25.0 Å². The molecular weight excluding hydrogens is 242 g/mol. The Morgan fingerprint density at radius 2 is 1.63 bits per heavy atom. The molecule has 0 saturated heterocycles. The number of hydrogen-bond donors (Lipinski definition) is 1. The highest BCUT2D eigenvalue weighted by Gasteiger charge is 2.35. The van der Waals surface area contributed by atoms with Crippen LogP contribution in [0.4, 0.5) is 0 Å². The van der Waals surface area contributed by atoms with Gasteiger partial charge < -0.3 is 10.1 Å². The van der Waals surface area contributed by atoms with Gasteiger partial charge in [-0.25, -0.2) is 0 Å². The van der Waals surface area contributed by atoms with Gasteiger partial charge in [0, 0.05) is 6.92 Å². The fraction of sp³-hybridized carbons (Fsp3) is 0.867. The van der Waals surface area contributed by atoms with Crippen molar-refractivity contribution in [3.8, 4) is 0 Å². The van der Waals surface area contributed by atoms with Crippen molar-refractivity contribution in [2.24, 2.45) is 16.7 Å². The molecule has 1 amide bonds. The van der Waals surface area contributed by atoms with Crippen LogP contribution in [-0.2, 0) is 14.3 Å². The maximum atomic E-state index is 12.2. The van der Waals surface area contributed by atoms with E-state index in [1.165, 1.54) is 6.92 Å². The highest BCUT2D eigenvalue weighted by molar-refractivity contribution is 5.74. The summed E-state index contributed by atoms with van der Waals surface area (Å²) in [5.41, 5.74) is -0.0486. The topological polar surface area (TPSA) is 55.4 Å². The molecule has 0 spiro atoms. The second kappa shape index (κ2) is 6.92. The van der Waals surface area contributed by atoms with Crippen LogP contribution in [0, 0.1) is 16.7 Å². The van der Waals surface area contributed by atoms with Gasteiger partial charge in [-0.2, -0.15) is 0 Å². The number of nitrogens with one attached hydrogen (secondary N) is 1. The normalized spacial score (nSPS) is 13.8. The van der Waals surface area contributed by atoms with Crippen molar-refractivity contribution in [1.82, 2.24) is 5.32 Å². The van der Waals surface area contributed by atoms with Crippen molar-refractivity contribution >= 4 is 11.9 Å². The van der Waals surface area contributed by atoms with Crippen LogP contribution in [0.1, 0.15) is 54.9 Å². The first-order valence-corrected chi connectivity index (χ1v) is 6.84. The molecule has 1 atom stereocenters. The summed E-state index contributed by atoms with van der Waals surface area (Å²) in [4.78, 5) is 22.9. The van der Waals surface area contributed by atoms with Crippen LogP contribution in [0.3, 0.4) is 0 Å². The van der Waals surface area contributed by atoms with E-state index in [4.69, 9.17) is 4.74 Å². The van der Waals surface area contributed by atoms with Gasteiger partial charge >= 0.3 is 5.97 Å². The molecule has 19 heavy (non-hydrogen) atoms. The summed E-state index contributed by atoms with van der Waals surface area (Å²) in [6, 6.07) is 0. The largest absolute Gasteiger partial charge is 0.464 e. The Kier molecular flexibility index (Phi) is 6.53. The van der Waals surface area contributed by atoms with Gasteiger partial charge in [-0.3, -0.25) is 9.59 Å². The van der Waals surface area contributed by atoms with Crippen molar-refractivity contribution < 1.29 is 14.3 Å². The summed E-state index contributed by atoms with van der Waals surface area (Å²) in [5.74, 6) is -0.421.